The molecule has 1 aliphatic heterocycles. The van der Waals surface area contributed by atoms with E-state index in [9.17, 15) is 4.79 Å². The maximum absolute atomic E-state index is 12.3. The van der Waals surface area contributed by atoms with Crippen LogP contribution in [0.2, 0.25) is 0 Å². The van der Waals surface area contributed by atoms with Gasteiger partial charge in [0.1, 0.15) is 0 Å². The quantitative estimate of drug-likeness (QED) is 0.745. The van der Waals surface area contributed by atoms with E-state index < -0.39 is 0 Å². The fourth-order valence-electron chi connectivity index (χ4n) is 2.82. The molecule has 1 saturated heterocycles. The fourth-order valence-corrected chi connectivity index (χ4v) is 2.82. The summed E-state index contributed by atoms with van der Waals surface area (Å²) >= 11 is 0. The first kappa shape index (κ1) is 9.64. The Hall–Kier alpha value is -0.570. The van der Waals surface area contributed by atoms with Crippen molar-refractivity contribution in [3.8, 4) is 0 Å². The third-order valence-corrected chi connectivity index (χ3v) is 4.22. The first-order valence-electron chi connectivity index (χ1n) is 6.24. The van der Waals surface area contributed by atoms with E-state index in [1.807, 2.05) is 0 Å². The zero-order valence-electron chi connectivity index (χ0n) is 9.62. The van der Waals surface area contributed by atoms with Gasteiger partial charge in [-0.15, -0.1) is 0 Å². The highest BCUT2D eigenvalue weighted by molar-refractivity contribution is 5.92. The van der Waals surface area contributed by atoms with Gasteiger partial charge in [-0.25, -0.2) is 0 Å². The van der Waals surface area contributed by atoms with Crippen LogP contribution < -0.4 is 5.32 Å². The molecule has 0 aromatic rings. The van der Waals surface area contributed by atoms with Crippen LogP contribution in [-0.2, 0) is 4.79 Å². The smallest absolute Gasteiger partial charge is 0.244 e. The molecule has 1 N–H and O–H groups in total. The van der Waals surface area contributed by atoms with Gasteiger partial charge in [0.2, 0.25) is 5.91 Å². The summed E-state index contributed by atoms with van der Waals surface area (Å²) in [6.45, 7) is 4.41. The molecule has 3 aliphatic rings. The summed E-state index contributed by atoms with van der Waals surface area (Å²) in [5.41, 5.74) is -0.121. The summed E-state index contributed by atoms with van der Waals surface area (Å²) in [6, 6.07) is 0.539. The second-order valence-electron chi connectivity index (χ2n) is 5.71. The van der Waals surface area contributed by atoms with Crippen molar-refractivity contribution in [1.82, 2.24) is 10.2 Å². The number of rotatable bonds is 2. The Labute approximate surface area is 91.2 Å². The van der Waals surface area contributed by atoms with Crippen LogP contribution in [-0.4, -0.2) is 28.6 Å². The van der Waals surface area contributed by atoms with Crippen LogP contribution in [0.4, 0.5) is 0 Å². The molecular weight excluding hydrogens is 188 g/mol. The zero-order valence-corrected chi connectivity index (χ0v) is 9.62. The second kappa shape index (κ2) is 2.97. The predicted molar refractivity (Wildman–Crippen MR) is 58.2 cm³/mol. The molecule has 3 rings (SSSR count). The molecule has 1 unspecified atom stereocenters. The fraction of sp³-hybridized carbons (Fsp3) is 0.917. The molecule has 1 amide bonds. The van der Waals surface area contributed by atoms with Gasteiger partial charge in [-0.1, -0.05) is 13.8 Å². The summed E-state index contributed by atoms with van der Waals surface area (Å²) < 4.78 is 0. The van der Waals surface area contributed by atoms with E-state index in [2.05, 4.69) is 24.1 Å². The Bertz CT molecular complexity index is 292. The number of amides is 1. The van der Waals surface area contributed by atoms with Gasteiger partial charge in [0.15, 0.2) is 0 Å². The Morgan fingerprint density at radius 1 is 1.40 bits per heavy atom. The van der Waals surface area contributed by atoms with Crippen molar-refractivity contribution in [2.24, 2.45) is 5.92 Å². The summed E-state index contributed by atoms with van der Waals surface area (Å²) in [4.78, 5) is 14.5. The molecule has 0 bridgehead atoms. The maximum Gasteiger partial charge on any atom is 0.244 e. The molecule has 3 heteroatoms. The molecule has 84 valence electrons. The highest BCUT2D eigenvalue weighted by Gasteiger charge is 2.60. The molecule has 2 saturated carbocycles. The standard InChI is InChI=1S/C12H20N2O/c1-8(2)10-13-12(6-7-12)11(15)14(10)9-4-3-5-9/h8-10,13H,3-7H2,1-2H3. The van der Waals surface area contributed by atoms with Gasteiger partial charge >= 0.3 is 0 Å². The maximum atomic E-state index is 12.3. The minimum atomic E-state index is -0.121. The normalized spacial score (nSPS) is 33.9. The van der Waals surface area contributed by atoms with Gasteiger partial charge in [-0.05, 0) is 38.0 Å². The van der Waals surface area contributed by atoms with Crippen LogP contribution in [0.25, 0.3) is 0 Å². The van der Waals surface area contributed by atoms with Crippen molar-refractivity contribution >= 4 is 5.91 Å². The number of hydrogen-bond donors (Lipinski definition) is 1. The van der Waals surface area contributed by atoms with E-state index >= 15 is 0 Å². The molecule has 15 heavy (non-hydrogen) atoms. The number of hydrogen-bond acceptors (Lipinski definition) is 2. The lowest BCUT2D eigenvalue weighted by molar-refractivity contribution is -0.135. The number of nitrogens with zero attached hydrogens (tertiary/aromatic N) is 1. The second-order valence-corrected chi connectivity index (χ2v) is 5.71. The Morgan fingerprint density at radius 2 is 2.07 bits per heavy atom. The van der Waals surface area contributed by atoms with Gasteiger partial charge < -0.3 is 4.90 Å². The van der Waals surface area contributed by atoms with E-state index in [1.54, 1.807) is 0 Å². The van der Waals surface area contributed by atoms with Crippen LogP contribution in [0.1, 0.15) is 46.0 Å². The molecule has 0 aromatic heterocycles. The van der Waals surface area contributed by atoms with Crippen molar-refractivity contribution in [3.05, 3.63) is 0 Å². The number of carbonyl (C=O) groups is 1. The first-order valence-corrected chi connectivity index (χ1v) is 6.24. The summed E-state index contributed by atoms with van der Waals surface area (Å²) in [6.07, 6.45) is 6.13. The molecule has 2 aliphatic carbocycles. The highest BCUT2D eigenvalue weighted by Crippen LogP contribution is 2.45. The van der Waals surface area contributed by atoms with Crippen LogP contribution in [0.5, 0.6) is 0 Å². The molecule has 1 spiro atoms. The van der Waals surface area contributed by atoms with Crippen LogP contribution in [0.3, 0.4) is 0 Å². The monoisotopic (exact) mass is 208 g/mol. The van der Waals surface area contributed by atoms with E-state index in [1.165, 1.54) is 19.3 Å². The van der Waals surface area contributed by atoms with E-state index in [0.717, 1.165) is 12.8 Å². The predicted octanol–water partition coefficient (Wildman–Crippen LogP) is 1.49. The van der Waals surface area contributed by atoms with Crippen molar-refractivity contribution in [2.75, 3.05) is 0 Å². The Kier molecular flexibility index (Phi) is 1.91. The third-order valence-electron chi connectivity index (χ3n) is 4.22. The van der Waals surface area contributed by atoms with Gasteiger partial charge in [0, 0.05) is 6.04 Å². The van der Waals surface area contributed by atoms with Crippen LogP contribution in [0.15, 0.2) is 0 Å². The average molecular weight is 208 g/mol. The lowest BCUT2D eigenvalue weighted by Crippen LogP contribution is -2.50. The Morgan fingerprint density at radius 3 is 2.47 bits per heavy atom. The van der Waals surface area contributed by atoms with Crippen molar-refractivity contribution in [3.63, 3.8) is 0 Å². The minimum Gasteiger partial charge on any atom is -0.322 e. The minimum absolute atomic E-state index is 0.121. The lowest BCUT2D eigenvalue weighted by atomic mass is 9.90. The van der Waals surface area contributed by atoms with Crippen molar-refractivity contribution < 1.29 is 4.79 Å². The largest absolute Gasteiger partial charge is 0.322 e. The van der Waals surface area contributed by atoms with E-state index in [0.29, 0.717) is 24.0 Å². The average Bonchev–Trinajstić information content (AvgIpc) is 2.81. The summed E-state index contributed by atoms with van der Waals surface area (Å²) in [5, 5.41) is 3.57. The van der Waals surface area contributed by atoms with E-state index in [4.69, 9.17) is 0 Å². The summed E-state index contributed by atoms with van der Waals surface area (Å²) in [5.74, 6) is 0.917. The zero-order chi connectivity index (χ0) is 10.6. The van der Waals surface area contributed by atoms with Gasteiger partial charge in [-0.3, -0.25) is 10.1 Å². The van der Waals surface area contributed by atoms with Crippen molar-refractivity contribution in [1.29, 1.82) is 0 Å². The topological polar surface area (TPSA) is 32.3 Å². The summed E-state index contributed by atoms with van der Waals surface area (Å²) in [7, 11) is 0. The van der Waals surface area contributed by atoms with Crippen LogP contribution >= 0.6 is 0 Å². The molecule has 0 radical (unpaired) electrons. The molecule has 1 atom stereocenters. The SMILES string of the molecule is CC(C)C1NC2(CC2)C(=O)N1C1CCC1. The highest BCUT2D eigenvalue weighted by atomic mass is 16.2. The third kappa shape index (κ3) is 1.25. The van der Waals surface area contributed by atoms with Gasteiger partial charge in [0.25, 0.3) is 0 Å². The van der Waals surface area contributed by atoms with Crippen molar-refractivity contribution in [2.45, 2.75) is 63.7 Å². The number of carbonyl (C=O) groups excluding carboxylic acids is 1. The number of nitrogens with one attached hydrogen (secondary N) is 1. The van der Waals surface area contributed by atoms with Crippen LogP contribution in [0, 0.1) is 5.92 Å². The van der Waals surface area contributed by atoms with E-state index in [-0.39, 0.29) is 5.54 Å². The van der Waals surface area contributed by atoms with Gasteiger partial charge in [0.05, 0.1) is 11.7 Å². The lowest BCUT2D eigenvalue weighted by Gasteiger charge is -2.39. The Balaban J connectivity index is 1.84. The molecule has 0 aromatic carbocycles. The first-order chi connectivity index (χ1) is 7.14. The van der Waals surface area contributed by atoms with Gasteiger partial charge in [-0.2, -0.15) is 0 Å². The molecular formula is C12H20N2O. The molecule has 1 heterocycles. The molecule has 3 nitrogen and oxygen atoms in total. The molecule has 3 fully saturated rings.